The average Bonchev–Trinajstić information content (AvgIpc) is 3.34. The summed E-state index contributed by atoms with van der Waals surface area (Å²) in [6.07, 6.45) is 6.75. The number of anilines is 2. The number of nitrogens with zero attached hydrogens (tertiary/aromatic N) is 1. The van der Waals surface area contributed by atoms with Crippen LogP contribution in [0, 0.1) is 5.41 Å². The third kappa shape index (κ3) is 2.95. The van der Waals surface area contributed by atoms with Crippen molar-refractivity contribution in [3.8, 4) is 0 Å². The van der Waals surface area contributed by atoms with E-state index in [0.717, 1.165) is 17.0 Å². The van der Waals surface area contributed by atoms with Gasteiger partial charge in [-0.3, -0.25) is 15.2 Å². The lowest BCUT2D eigenvalue weighted by Gasteiger charge is -2.27. The maximum Gasteiger partial charge on any atom is 0.257 e. The first-order valence-corrected chi connectivity index (χ1v) is 8.69. The Balaban J connectivity index is 1.61. The minimum atomic E-state index is -0.232. The van der Waals surface area contributed by atoms with Gasteiger partial charge in [-0.15, -0.1) is 5.53 Å². The number of hydrazine groups is 2. The Kier molecular flexibility index (Phi) is 4.25. The molecule has 2 aliphatic rings. The van der Waals surface area contributed by atoms with E-state index in [1.54, 1.807) is 24.3 Å². The molecule has 3 heterocycles. The Labute approximate surface area is 161 Å². The Morgan fingerprint density at radius 1 is 1.29 bits per heavy atom. The lowest BCUT2D eigenvalue weighted by Crippen LogP contribution is -2.38. The molecular weight excluding hydrogens is 356 g/mol. The van der Waals surface area contributed by atoms with E-state index in [0.29, 0.717) is 28.1 Å². The van der Waals surface area contributed by atoms with Gasteiger partial charge in [0, 0.05) is 34.4 Å². The number of benzene rings is 1. The van der Waals surface area contributed by atoms with Gasteiger partial charge in [-0.25, -0.2) is 0 Å². The van der Waals surface area contributed by atoms with Gasteiger partial charge in [-0.05, 0) is 49.8 Å². The molecule has 0 bridgehead atoms. The number of fused-ring (bicyclic) bond motifs is 1. The summed E-state index contributed by atoms with van der Waals surface area (Å²) in [6, 6.07) is 6.79. The molecule has 0 aliphatic carbocycles. The smallest absolute Gasteiger partial charge is 0.257 e. The van der Waals surface area contributed by atoms with Crippen molar-refractivity contribution in [2.75, 3.05) is 11.1 Å². The van der Waals surface area contributed by atoms with E-state index in [-0.39, 0.29) is 11.6 Å². The van der Waals surface area contributed by atoms with E-state index in [1.165, 1.54) is 12.5 Å². The summed E-state index contributed by atoms with van der Waals surface area (Å²) in [4.78, 5) is 13.0. The predicted octanol–water partition coefficient (Wildman–Crippen LogP) is 2.62. The molecule has 0 unspecified atom stereocenters. The van der Waals surface area contributed by atoms with E-state index < -0.39 is 0 Å². The third-order valence-corrected chi connectivity index (χ3v) is 4.73. The highest BCUT2D eigenvalue weighted by Gasteiger charge is 2.27. The van der Waals surface area contributed by atoms with Crippen LogP contribution in [0.4, 0.5) is 11.4 Å². The SMILES string of the molecule is CC1=CC2=CNNN2C(C)=C1C(=O)Nc1ccc(N)c(C(=N)c2ccoc2)c1. The largest absolute Gasteiger partial charge is 0.472 e. The number of hydrogen-bond donors (Lipinski definition) is 5. The van der Waals surface area contributed by atoms with Crippen LogP contribution in [0.15, 0.2) is 76.0 Å². The van der Waals surface area contributed by atoms with Gasteiger partial charge in [0.05, 0.1) is 29.5 Å². The van der Waals surface area contributed by atoms with E-state index in [9.17, 15) is 4.79 Å². The molecule has 1 aromatic heterocycles. The minimum absolute atomic E-state index is 0.230. The summed E-state index contributed by atoms with van der Waals surface area (Å²) in [5.74, 6) is -0.232. The summed E-state index contributed by atoms with van der Waals surface area (Å²) in [5, 5.41) is 13.1. The fraction of sp³-hybridized carbons (Fsp3) is 0.100. The van der Waals surface area contributed by atoms with Gasteiger partial charge in [0.1, 0.15) is 0 Å². The fourth-order valence-corrected chi connectivity index (χ4v) is 3.32. The maximum absolute atomic E-state index is 13.0. The quantitative estimate of drug-likeness (QED) is 0.413. The van der Waals surface area contributed by atoms with E-state index in [2.05, 4.69) is 16.3 Å². The number of nitrogens with one attached hydrogen (secondary N) is 4. The Bertz CT molecular complexity index is 1060. The number of carbonyl (C=O) groups excluding carboxylic acids is 1. The van der Waals surface area contributed by atoms with E-state index in [1.807, 2.05) is 31.1 Å². The second-order valence-corrected chi connectivity index (χ2v) is 6.59. The second kappa shape index (κ2) is 6.75. The topological polar surface area (TPSA) is 119 Å². The number of amides is 1. The molecule has 1 aromatic carbocycles. The number of nitrogen functional groups attached to an aromatic ring is 1. The highest BCUT2D eigenvalue weighted by molar-refractivity contribution is 6.15. The zero-order valence-corrected chi connectivity index (χ0v) is 15.5. The number of allylic oxidation sites excluding steroid dienone is 2. The van der Waals surface area contributed by atoms with E-state index >= 15 is 0 Å². The molecule has 0 saturated heterocycles. The summed E-state index contributed by atoms with van der Waals surface area (Å²) in [6.45, 7) is 3.78. The van der Waals surface area contributed by atoms with Crippen molar-refractivity contribution in [3.05, 3.63) is 82.7 Å². The van der Waals surface area contributed by atoms with Crippen LogP contribution in [0.25, 0.3) is 0 Å². The van der Waals surface area contributed by atoms with Crippen molar-refractivity contribution in [2.24, 2.45) is 0 Å². The van der Waals surface area contributed by atoms with Crippen LogP contribution in [-0.2, 0) is 4.79 Å². The van der Waals surface area contributed by atoms with Crippen molar-refractivity contribution in [1.29, 1.82) is 5.41 Å². The van der Waals surface area contributed by atoms with Crippen LogP contribution >= 0.6 is 0 Å². The van der Waals surface area contributed by atoms with E-state index in [4.69, 9.17) is 15.6 Å². The predicted molar refractivity (Wildman–Crippen MR) is 107 cm³/mol. The molecule has 6 N–H and O–H groups in total. The summed E-state index contributed by atoms with van der Waals surface area (Å²) >= 11 is 0. The highest BCUT2D eigenvalue weighted by atomic mass is 16.3. The first kappa shape index (κ1) is 17.6. The lowest BCUT2D eigenvalue weighted by atomic mass is 9.99. The number of nitrogens with two attached hydrogens (primary N) is 1. The standard InChI is InChI=1S/C20H20N6O2/c1-11-7-15-9-23-25-26(15)12(2)18(11)20(27)24-14-3-4-17(21)16(8-14)19(22)13-5-6-28-10-13/h3-10,22-23,25H,21H2,1-2H3,(H,24,27). The van der Waals surface area contributed by atoms with Gasteiger partial charge in [-0.2, -0.15) is 0 Å². The van der Waals surface area contributed by atoms with Gasteiger partial charge in [0.2, 0.25) is 0 Å². The molecular formula is C20H20N6O2. The van der Waals surface area contributed by atoms with Crippen molar-refractivity contribution in [1.82, 2.24) is 16.0 Å². The Hall–Kier alpha value is -3.78. The molecule has 8 heteroatoms. The van der Waals surface area contributed by atoms with Crippen LogP contribution in [0.5, 0.6) is 0 Å². The average molecular weight is 376 g/mol. The molecule has 28 heavy (non-hydrogen) atoms. The molecule has 142 valence electrons. The molecule has 4 rings (SSSR count). The van der Waals surface area contributed by atoms with Crippen molar-refractivity contribution in [3.63, 3.8) is 0 Å². The Morgan fingerprint density at radius 2 is 2.11 bits per heavy atom. The van der Waals surface area contributed by atoms with Gasteiger partial charge in [-0.1, -0.05) is 0 Å². The van der Waals surface area contributed by atoms with Crippen LogP contribution in [0.1, 0.15) is 25.0 Å². The summed E-state index contributed by atoms with van der Waals surface area (Å²) < 4.78 is 5.05. The first-order valence-electron chi connectivity index (χ1n) is 8.69. The summed E-state index contributed by atoms with van der Waals surface area (Å²) in [5.41, 5.74) is 17.5. The molecule has 1 amide bonds. The molecule has 8 nitrogen and oxygen atoms in total. The Morgan fingerprint density at radius 3 is 2.86 bits per heavy atom. The van der Waals surface area contributed by atoms with Gasteiger partial charge >= 0.3 is 0 Å². The zero-order chi connectivity index (χ0) is 19.8. The normalized spacial score (nSPS) is 15.6. The molecule has 0 spiro atoms. The molecule has 0 radical (unpaired) electrons. The number of rotatable bonds is 4. The zero-order valence-electron chi connectivity index (χ0n) is 15.5. The van der Waals surface area contributed by atoms with Crippen LogP contribution in [0.2, 0.25) is 0 Å². The molecule has 2 aliphatic heterocycles. The van der Waals surface area contributed by atoms with Gasteiger partial charge in [0.25, 0.3) is 5.91 Å². The third-order valence-electron chi connectivity index (χ3n) is 4.73. The molecule has 0 fully saturated rings. The minimum Gasteiger partial charge on any atom is -0.472 e. The molecule has 0 atom stereocenters. The van der Waals surface area contributed by atoms with Crippen molar-refractivity contribution < 1.29 is 9.21 Å². The van der Waals surface area contributed by atoms with Crippen LogP contribution in [0.3, 0.4) is 0 Å². The maximum atomic E-state index is 13.0. The van der Waals surface area contributed by atoms with Gasteiger partial charge in [0.15, 0.2) is 0 Å². The molecule has 2 aromatic rings. The first-order chi connectivity index (χ1) is 13.5. The highest BCUT2D eigenvalue weighted by Crippen LogP contribution is 2.30. The van der Waals surface area contributed by atoms with Crippen molar-refractivity contribution >= 4 is 23.0 Å². The van der Waals surface area contributed by atoms with Gasteiger partial charge < -0.3 is 20.9 Å². The summed E-state index contributed by atoms with van der Waals surface area (Å²) in [7, 11) is 0. The second-order valence-electron chi connectivity index (χ2n) is 6.59. The number of furan rings is 1. The fourth-order valence-electron chi connectivity index (χ4n) is 3.32. The monoisotopic (exact) mass is 376 g/mol. The lowest BCUT2D eigenvalue weighted by molar-refractivity contribution is -0.112. The van der Waals surface area contributed by atoms with Crippen LogP contribution < -0.4 is 22.0 Å². The van der Waals surface area contributed by atoms with Crippen molar-refractivity contribution in [2.45, 2.75) is 13.8 Å². The number of hydrogen-bond acceptors (Lipinski definition) is 7. The number of carbonyl (C=O) groups is 1. The van der Waals surface area contributed by atoms with Crippen LogP contribution in [-0.4, -0.2) is 16.6 Å². The molecule has 0 saturated carbocycles.